The van der Waals surface area contributed by atoms with Crippen LogP contribution in [0.5, 0.6) is 0 Å². The highest BCUT2D eigenvalue weighted by Gasteiger charge is 2.39. The lowest BCUT2D eigenvalue weighted by Gasteiger charge is -2.34. The summed E-state index contributed by atoms with van der Waals surface area (Å²) in [6.07, 6.45) is -3.18. The number of imidazole rings is 1. The highest BCUT2D eigenvalue weighted by Crippen LogP contribution is 2.43. The third-order valence-corrected chi connectivity index (χ3v) is 5.90. The van der Waals surface area contributed by atoms with Crippen molar-refractivity contribution in [2.45, 2.75) is 25.7 Å². The molecule has 4 rings (SSSR count). The van der Waals surface area contributed by atoms with E-state index in [-0.39, 0.29) is 34.9 Å². The Kier molecular flexibility index (Phi) is 7.56. The second-order valence-corrected chi connectivity index (χ2v) is 8.38. The lowest BCUT2D eigenvalue weighted by Crippen LogP contribution is -2.47. The molecule has 0 aliphatic carbocycles. The van der Waals surface area contributed by atoms with Crippen molar-refractivity contribution in [2.75, 3.05) is 16.8 Å². The number of alkyl halides is 3. The number of aldehydes is 1. The Balaban J connectivity index is 1.60. The lowest BCUT2D eigenvalue weighted by molar-refractivity contribution is -0.137. The number of carboxylic acid groups (broad SMARTS) is 2. The van der Waals surface area contributed by atoms with E-state index >= 15 is 0 Å². The number of anilines is 2. The van der Waals surface area contributed by atoms with Gasteiger partial charge in [-0.05, 0) is 43.3 Å². The second-order valence-electron chi connectivity index (χ2n) is 8.38. The molecule has 1 aromatic heterocycles. The number of carbonyl (C=O) groups excluding carboxylic acids is 2. The number of carboxylic acids is 2. The molecule has 1 atom stereocenters. The van der Waals surface area contributed by atoms with E-state index in [1.165, 1.54) is 35.4 Å². The minimum atomic E-state index is -4.84. The molecule has 0 spiro atoms. The normalized spacial score (nSPS) is 14.7. The van der Waals surface area contributed by atoms with Gasteiger partial charge in [0, 0.05) is 18.4 Å². The summed E-state index contributed by atoms with van der Waals surface area (Å²) in [7, 11) is 0. The van der Waals surface area contributed by atoms with Crippen LogP contribution < -0.4 is 10.2 Å². The van der Waals surface area contributed by atoms with Crippen LogP contribution in [0.15, 0.2) is 53.9 Å². The zero-order chi connectivity index (χ0) is 29.2. The predicted octanol–water partition coefficient (Wildman–Crippen LogP) is 3.90. The van der Waals surface area contributed by atoms with Crippen LogP contribution in [0, 0.1) is 0 Å². The Hall–Kier alpha value is -5.21. The average molecular weight is 559 g/mol. The van der Waals surface area contributed by atoms with Crippen molar-refractivity contribution in [2.24, 2.45) is 4.99 Å². The molecule has 0 saturated carbocycles. The van der Waals surface area contributed by atoms with E-state index in [4.69, 9.17) is 9.84 Å². The summed E-state index contributed by atoms with van der Waals surface area (Å²) >= 11 is 0. The van der Waals surface area contributed by atoms with E-state index in [0.29, 0.717) is 6.29 Å². The minimum absolute atomic E-state index is 0.0145. The number of nitrogens with one attached hydrogen (secondary N) is 1. The van der Waals surface area contributed by atoms with Crippen LogP contribution in [0.4, 0.5) is 35.0 Å². The average Bonchev–Trinajstić information content (AvgIpc) is 3.38. The van der Waals surface area contributed by atoms with Gasteiger partial charge < -0.3 is 29.2 Å². The number of likely N-dealkylation sites (N-methyl/N-ethyl adjacent to an activating group) is 1. The van der Waals surface area contributed by atoms with Crippen molar-refractivity contribution in [3.8, 4) is 5.69 Å². The first-order chi connectivity index (χ1) is 18.9. The van der Waals surface area contributed by atoms with E-state index < -0.39 is 53.8 Å². The highest BCUT2D eigenvalue weighted by molar-refractivity contribution is 6.42. The molecule has 0 bridgehead atoms. The number of aliphatic carboxylic acids is 1. The van der Waals surface area contributed by atoms with Crippen molar-refractivity contribution in [3.63, 3.8) is 0 Å². The third kappa shape index (κ3) is 5.62. The third-order valence-electron chi connectivity index (χ3n) is 5.90. The van der Waals surface area contributed by atoms with Gasteiger partial charge in [-0.25, -0.2) is 24.4 Å². The quantitative estimate of drug-likeness (QED) is 0.347. The van der Waals surface area contributed by atoms with Gasteiger partial charge in [0.2, 0.25) is 0 Å². The number of aromatic carboxylic acids is 1. The largest absolute Gasteiger partial charge is 0.478 e. The van der Waals surface area contributed by atoms with Crippen LogP contribution in [-0.4, -0.2) is 62.4 Å². The summed E-state index contributed by atoms with van der Waals surface area (Å²) < 4.78 is 48.4. The summed E-state index contributed by atoms with van der Waals surface area (Å²) in [5.74, 6) is -2.62. The summed E-state index contributed by atoms with van der Waals surface area (Å²) in [6.45, 7) is 1.19. The molecule has 0 saturated heterocycles. The van der Waals surface area contributed by atoms with Crippen LogP contribution in [-0.2, 0) is 27.1 Å². The van der Waals surface area contributed by atoms with Crippen molar-refractivity contribution >= 4 is 47.1 Å². The standard InChI is InChI=1S/C25H20F3N5O7/c1-2-33-19-7-16(25(26,27)28)18(8-17(19)31-21(23(37)38)20(33)10-34)32-9-15(29-12-32)11-40-24(39)30-14-5-3-13(4-6-14)22(35)36/h3-10,12,20H,2,11H2,1H3,(H,30,39)(H,35,36)(H,37,38). The summed E-state index contributed by atoms with van der Waals surface area (Å²) in [5, 5.41) is 20.8. The minimum Gasteiger partial charge on any atom is -0.478 e. The van der Waals surface area contributed by atoms with Gasteiger partial charge in [0.15, 0.2) is 5.71 Å². The number of rotatable bonds is 8. The zero-order valence-corrected chi connectivity index (χ0v) is 20.5. The summed E-state index contributed by atoms with van der Waals surface area (Å²) in [4.78, 5) is 55.4. The highest BCUT2D eigenvalue weighted by atomic mass is 19.4. The Morgan fingerprint density at radius 2 is 1.80 bits per heavy atom. The molecule has 12 nitrogen and oxygen atoms in total. The van der Waals surface area contributed by atoms with E-state index in [9.17, 15) is 37.5 Å². The van der Waals surface area contributed by atoms with E-state index in [0.717, 1.165) is 23.0 Å². The molecule has 3 N–H and O–H groups in total. The Labute approximate surface area is 223 Å². The Morgan fingerprint density at radius 1 is 1.10 bits per heavy atom. The zero-order valence-electron chi connectivity index (χ0n) is 20.5. The van der Waals surface area contributed by atoms with Gasteiger partial charge in [-0.2, -0.15) is 13.2 Å². The van der Waals surface area contributed by atoms with Crippen molar-refractivity contribution in [1.82, 2.24) is 9.55 Å². The van der Waals surface area contributed by atoms with E-state index in [2.05, 4.69) is 15.3 Å². The van der Waals surface area contributed by atoms with Gasteiger partial charge in [-0.3, -0.25) is 5.32 Å². The number of fused-ring (bicyclic) bond motifs is 1. The smallest absolute Gasteiger partial charge is 0.418 e. The first kappa shape index (κ1) is 27.8. The van der Waals surface area contributed by atoms with Gasteiger partial charge in [-0.1, -0.05) is 0 Å². The van der Waals surface area contributed by atoms with Gasteiger partial charge in [0.1, 0.15) is 18.9 Å². The molecule has 3 aromatic rings. The maximum absolute atomic E-state index is 14.1. The number of nitrogens with zero attached hydrogens (tertiary/aromatic N) is 4. The maximum Gasteiger partial charge on any atom is 0.418 e. The van der Waals surface area contributed by atoms with Gasteiger partial charge >= 0.3 is 24.2 Å². The first-order valence-electron chi connectivity index (χ1n) is 11.5. The molecule has 208 valence electrons. The van der Waals surface area contributed by atoms with Crippen molar-refractivity contribution < 1.29 is 47.3 Å². The van der Waals surface area contributed by atoms with Crippen LogP contribution in [0.2, 0.25) is 0 Å². The molecule has 2 aromatic carbocycles. The van der Waals surface area contributed by atoms with Crippen molar-refractivity contribution in [3.05, 3.63) is 65.7 Å². The second kappa shape index (κ2) is 10.9. The predicted molar refractivity (Wildman–Crippen MR) is 133 cm³/mol. The summed E-state index contributed by atoms with van der Waals surface area (Å²) in [5.41, 5.74) is -1.81. The molecule has 1 amide bonds. The number of ether oxygens (including phenoxy) is 1. The fraction of sp³-hybridized carbons (Fsp3) is 0.200. The molecular weight excluding hydrogens is 539 g/mol. The summed E-state index contributed by atoms with van der Waals surface area (Å²) in [6, 6.07) is 5.74. The molecule has 15 heteroatoms. The van der Waals surface area contributed by atoms with Crippen LogP contribution >= 0.6 is 0 Å². The Bertz CT molecular complexity index is 1520. The van der Waals surface area contributed by atoms with Gasteiger partial charge in [0.05, 0.1) is 40.2 Å². The molecule has 1 aliphatic heterocycles. The van der Waals surface area contributed by atoms with Crippen molar-refractivity contribution in [1.29, 1.82) is 0 Å². The topological polar surface area (TPSA) is 163 Å². The first-order valence-corrected chi connectivity index (χ1v) is 11.5. The molecule has 1 aliphatic rings. The number of benzene rings is 2. The number of hydrogen-bond acceptors (Lipinski definition) is 8. The van der Waals surface area contributed by atoms with E-state index in [1.807, 2.05) is 0 Å². The fourth-order valence-electron chi connectivity index (χ4n) is 4.06. The number of aromatic nitrogens is 2. The number of halogens is 3. The number of carbonyl (C=O) groups is 4. The SMILES string of the molecule is CCN1c2cc(C(F)(F)F)c(-n3cnc(COC(=O)Nc4ccc(C(=O)O)cc4)c3)cc2N=C(C(=O)O)C1C=O. The van der Waals surface area contributed by atoms with Crippen LogP contribution in [0.3, 0.4) is 0 Å². The molecule has 40 heavy (non-hydrogen) atoms. The van der Waals surface area contributed by atoms with Gasteiger partial charge in [-0.15, -0.1) is 0 Å². The van der Waals surface area contributed by atoms with Crippen LogP contribution in [0.25, 0.3) is 5.69 Å². The fourth-order valence-corrected chi connectivity index (χ4v) is 4.06. The lowest BCUT2D eigenvalue weighted by atomic mass is 10.0. The molecule has 2 heterocycles. The van der Waals surface area contributed by atoms with E-state index in [1.54, 1.807) is 6.92 Å². The monoisotopic (exact) mass is 559 g/mol. The van der Waals surface area contributed by atoms with Gasteiger partial charge in [0.25, 0.3) is 0 Å². The number of aliphatic imine (C=N–C) groups is 1. The van der Waals surface area contributed by atoms with Crippen LogP contribution in [0.1, 0.15) is 28.5 Å². The maximum atomic E-state index is 14.1. The number of hydrogen-bond donors (Lipinski definition) is 3. The molecule has 0 radical (unpaired) electrons. The molecule has 0 fully saturated rings. The Morgan fingerprint density at radius 3 is 2.38 bits per heavy atom. The molecular formula is C25H20F3N5O7. The number of amides is 1. The molecule has 1 unspecified atom stereocenters.